The van der Waals surface area contributed by atoms with Gasteiger partial charge in [0.15, 0.2) is 5.69 Å². The molecule has 4 rings (SSSR count). The predicted molar refractivity (Wildman–Crippen MR) is 94.8 cm³/mol. The van der Waals surface area contributed by atoms with Crippen LogP contribution in [0.5, 0.6) is 0 Å². The largest absolute Gasteiger partial charge is 0.336 e. The lowest BCUT2D eigenvalue weighted by atomic mass is 10.1. The second-order valence-corrected chi connectivity index (χ2v) is 6.37. The topological polar surface area (TPSA) is 75.9 Å². The summed E-state index contributed by atoms with van der Waals surface area (Å²) in [7, 11) is 1.84. The molecule has 1 fully saturated rings. The lowest BCUT2D eigenvalue weighted by Gasteiger charge is -2.22. The summed E-state index contributed by atoms with van der Waals surface area (Å²) < 4.78 is 1.73. The van der Waals surface area contributed by atoms with E-state index in [0.29, 0.717) is 5.69 Å². The number of fused-ring (bicyclic) bond motifs is 1. The van der Waals surface area contributed by atoms with Crippen molar-refractivity contribution in [3.8, 4) is 5.69 Å². The van der Waals surface area contributed by atoms with Crippen LogP contribution in [0, 0.1) is 6.92 Å². The van der Waals surface area contributed by atoms with Gasteiger partial charge in [0.25, 0.3) is 5.91 Å². The van der Waals surface area contributed by atoms with Crippen molar-refractivity contribution in [2.24, 2.45) is 0 Å². The molecule has 0 spiro atoms. The fourth-order valence-corrected chi connectivity index (χ4v) is 3.35. The Balaban J connectivity index is 1.72. The van der Waals surface area contributed by atoms with E-state index in [2.05, 4.69) is 20.6 Å². The SMILES string of the molecule is Cc1c(C(=O)N(C)C2CCNC2)nnn1-c1cccc2cnccc12. The highest BCUT2D eigenvalue weighted by Crippen LogP contribution is 2.23. The molecule has 7 heteroatoms. The van der Waals surface area contributed by atoms with E-state index in [-0.39, 0.29) is 11.9 Å². The summed E-state index contributed by atoms with van der Waals surface area (Å²) in [5.74, 6) is -0.0839. The number of amides is 1. The van der Waals surface area contributed by atoms with Gasteiger partial charge < -0.3 is 10.2 Å². The van der Waals surface area contributed by atoms with E-state index >= 15 is 0 Å². The molecule has 1 aromatic carbocycles. The van der Waals surface area contributed by atoms with Crippen LogP contribution in [0.15, 0.2) is 36.7 Å². The van der Waals surface area contributed by atoms with Crippen molar-refractivity contribution in [3.05, 3.63) is 48.0 Å². The summed E-state index contributed by atoms with van der Waals surface area (Å²) in [5, 5.41) is 13.8. The van der Waals surface area contributed by atoms with Crippen LogP contribution in [0.4, 0.5) is 0 Å². The lowest BCUT2D eigenvalue weighted by Crippen LogP contribution is -2.38. The molecule has 1 N–H and O–H groups in total. The average molecular weight is 336 g/mol. The van der Waals surface area contributed by atoms with Crippen LogP contribution in [0.25, 0.3) is 16.5 Å². The Hall–Kier alpha value is -2.80. The standard InChI is InChI=1S/C18H20N6O/c1-12-17(18(25)23(2)14-6-8-20-11-14)21-22-24(12)16-5-3-4-13-10-19-9-7-15(13)16/h3-5,7,9-10,14,20H,6,8,11H2,1-2H3. The fourth-order valence-electron chi connectivity index (χ4n) is 3.35. The number of benzene rings is 1. The van der Waals surface area contributed by atoms with Gasteiger partial charge in [-0.2, -0.15) is 0 Å². The third-order valence-electron chi connectivity index (χ3n) is 4.89. The molecule has 0 saturated carbocycles. The first-order valence-corrected chi connectivity index (χ1v) is 8.40. The summed E-state index contributed by atoms with van der Waals surface area (Å²) in [5.41, 5.74) is 2.04. The van der Waals surface area contributed by atoms with Crippen molar-refractivity contribution in [2.75, 3.05) is 20.1 Å². The minimum Gasteiger partial charge on any atom is -0.336 e. The molecule has 0 radical (unpaired) electrons. The van der Waals surface area contributed by atoms with Gasteiger partial charge in [-0.3, -0.25) is 9.78 Å². The van der Waals surface area contributed by atoms with E-state index in [1.54, 1.807) is 15.8 Å². The number of nitrogens with zero attached hydrogens (tertiary/aromatic N) is 5. The van der Waals surface area contributed by atoms with Crippen LogP contribution in [-0.4, -0.2) is 57.0 Å². The molecule has 1 saturated heterocycles. The molecule has 1 aliphatic rings. The Kier molecular flexibility index (Phi) is 3.93. The van der Waals surface area contributed by atoms with Gasteiger partial charge in [-0.15, -0.1) is 5.10 Å². The van der Waals surface area contributed by atoms with E-state index < -0.39 is 0 Å². The fraction of sp³-hybridized carbons (Fsp3) is 0.333. The molecule has 0 aliphatic carbocycles. The predicted octanol–water partition coefficient (Wildman–Crippen LogP) is 1.56. The normalized spacial score (nSPS) is 17.1. The molecule has 1 amide bonds. The summed E-state index contributed by atoms with van der Waals surface area (Å²) in [6, 6.07) is 8.09. The monoisotopic (exact) mass is 336 g/mol. The number of carbonyl (C=O) groups excluding carboxylic acids is 1. The second-order valence-electron chi connectivity index (χ2n) is 6.37. The summed E-state index contributed by atoms with van der Waals surface area (Å²) >= 11 is 0. The summed E-state index contributed by atoms with van der Waals surface area (Å²) in [4.78, 5) is 18.8. The Morgan fingerprint density at radius 3 is 3.04 bits per heavy atom. The van der Waals surface area contributed by atoms with Crippen LogP contribution >= 0.6 is 0 Å². The van der Waals surface area contributed by atoms with Crippen LogP contribution in [-0.2, 0) is 0 Å². The number of hydrogen-bond acceptors (Lipinski definition) is 5. The third-order valence-corrected chi connectivity index (χ3v) is 4.89. The molecule has 3 aromatic rings. The van der Waals surface area contributed by atoms with Gasteiger partial charge in [0.2, 0.25) is 0 Å². The molecule has 1 aliphatic heterocycles. The summed E-state index contributed by atoms with van der Waals surface area (Å²) in [6.45, 7) is 3.65. The Morgan fingerprint density at radius 2 is 2.24 bits per heavy atom. The van der Waals surface area contributed by atoms with Crippen molar-refractivity contribution >= 4 is 16.7 Å². The highest BCUT2D eigenvalue weighted by Gasteiger charge is 2.27. The number of nitrogens with one attached hydrogen (secondary N) is 1. The molecule has 7 nitrogen and oxygen atoms in total. The zero-order valence-electron chi connectivity index (χ0n) is 14.3. The smallest absolute Gasteiger partial charge is 0.276 e. The maximum absolute atomic E-state index is 12.8. The number of carbonyl (C=O) groups is 1. The van der Waals surface area contributed by atoms with Gasteiger partial charge in [-0.25, -0.2) is 4.68 Å². The molecule has 1 unspecified atom stereocenters. The van der Waals surface area contributed by atoms with E-state index in [9.17, 15) is 4.79 Å². The van der Waals surface area contributed by atoms with Crippen molar-refractivity contribution in [1.82, 2.24) is 30.2 Å². The minimum absolute atomic E-state index is 0.0839. The molecule has 25 heavy (non-hydrogen) atoms. The summed E-state index contributed by atoms with van der Waals surface area (Å²) in [6.07, 6.45) is 4.54. The molecule has 1 atom stereocenters. The van der Waals surface area contributed by atoms with E-state index in [1.165, 1.54) is 0 Å². The molecular weight excluding hydrogens is 316 g/mol. The maximum atomic E-state index is 12.8. The van der Waals surface area contributed by atoms with E-state index in [0.717, 1.165) is 41.7 Å². The van der Waals surface area contributed by atoms with Crippen LogP contribution < -0.4 is 5.32 Å². The number of likely N-dealkylation sites (N-methyl/N-ethyl adjacent to an activating group) is 1. The van der Waals surface area contributed by atoms with E-state index in [4.69, 9.17) is 0 Å². The molecule has 2 aromatic heterocycles. The first-order valence-electron chi connectivity index (χ1n) is 8.40. The Bertz CT molecular complexity index is 923. The van der Waals surface area contributed by atoms with Crippen molar-refractivity contribution < 1.29 is 4.79 Å². The van der Waals surface area contributed by atoms with E-state index in [1.807, 2.05) is 44.4 Å². The van der Waals surface area contributed by atoms with Gasteiger partial charge in [-0.05, 0) is 32.0 Å². The zero-order valence-corrected chi connectivity index (χ0v) is 14.3. The van der Waals surface area contributed by atoms with Gasteiger partial charge in [0.1, 0.15) is 0 Å². The molecule has 0 bridgehead atoms. The second kappa shape index (κ2) is 6.25. The average Bonchev–Trinajstić information content (AvgIpc) is 3.30. The Labute approximate surface area is 145 Å². The van der Waals surface area contributed by atoms with Gasteiger partial charge in [-0.1, -0.05) is 17.3 Å². The first-order chi connectivity index (χ1) is 12.2. The van der Waals surface area contributed by atoms with Crippen molar-refractivity contribution in [1.29, 1.82) is 0 Å². The third kappa shape index (κ3) is 2.66. The van der Waals surface area contributed by atoms with Crippen LogP contribution in [0.1, 0.15) is 22.6 Å². The van der Waals surface area contributed by atoms with Crippen LogP contribution in [0.2, 0.25) is 0 Å². The first kappa shape index (κ1) is 15.7. The Morgan fingerprint density at radius 1 is 1.36 bits per heavy atom. The molecule has 3 heterocycles. The zero-order chi connectivity index (χ0) is 17.4. The highest BCUT2D eigenvalue weighted by molar-refractivity contribution is 5.94. The minimum atomic E-state index is -0.0839. The number of hydrogen-bond donors (Lipinski definition) is 1. The van der Waals surface area contributed by atoms with Crippen molar-refractivity contribution in [2.45, 2.75) is 19.4 Å². The van der Waals surface area contributed by atoms with Crippen LogP contribution in [0.3, 0.4) is 0 Å². The highest BCUT2D eigenvalue weighted by atomic mass is 16.2. The van der Waals surface area contributed by atoms with Gasteiger partial charge in [0, 0.05) is 42.8 Å². The lowest BCUT2D eigenvalue weighted by molar-refractivity contribution is 0.0737. The molecule has 128 valence electrons. The number of rotatable bonds is 3. The number of pyridine rings is 1. The van der Waals surface area contributed by atoms with Gasteiger partial charge >= 0.3 is 0 Å². The quantitative estimate of drug-likeness (QED) is 0.785. The number of aromatic nitrogens is 4. The molecular formula is C18H20N6O. The van der Waals surface area contributed by atoms with Gasteiger partial charge in [0.05, 0.1) is 11.4 Å². The maximum Gasteiger partial charge on any atom is 0.276 e. The van der Waals surface area contributed by atoms with Crippen molar-refractivity contribution in [3.63, 3.8) is 0 Å².